The van der Waals surface area contributed by atoms with E-state index in [-0.39, 0.29) is 5.78 Å². The van der Waals surface area contributed by atoms with E-state index in [0.29, 0.717) is 21.1 Å². The van der Waals surface area contributed by atoms with E-state index in [9.17, 15) is 4.79 Å². The van der Waals surface area contributed by atoms with Crippen molar-refractivity contribution in [3.8, 4) is 0 Å². The van der Waals surface area contributed by atoms with Crippen LogP contribution >= 0.6 is 23.2 Å². The van der Waals surface area contributed by atoms with Gasteiger partial charge in [0.2, 0.25) is 0 Å². The van der Waals surface area contributed by atoms with Gasteiger partial charge in [0.1, 0.15) is 0 Å². The molecule has 0 aliphatic carbocycles. The van der Waals surface area contributed by atoms with Gasteiger partial charge in [-0.3, -0.25) is 9.78 Å². The first-order valence-corrected chi connectivity index (χ1v) is 7.23. The van der Waals surface area contributed by atoms with E-state index in [1.165, 1.54) is 0 Å². The number of aromatic nitrogens is 1. The Hall–Kier alpha value is -1.16. The monoisotopic (exact) mass is 308 g/mol. The average Bonchev–Trinajstić information content (AvgIpc) is 2.36. The molecule has 0 bridgehead atoms. The van der Waals surface area contributed by atoms with E-state index >= 15 is 0 Å². The maximum Gasteiger partial charge on any atom is 0.160 e. The fourth-order valence-corrected chi connectivity index (χ4v) is 3.39. The van der Waals surface area contributed by atoms with Crippen LogP contribution in [0.1, 0.15) is 28.5 Å². The lowest BCUT2D eigenvalue weighted by Gasteiger charge is -2.27. The molecule has 5 heteroatoms. The summed E-state index contributed by atoms with van der Waals surface area (Å²) < 4.78 is 0. The topological polar surface area (TPSA) is 33.2 Å². The Labute approximate surface area is 127 Å². The molecular formula is C15H14Cl2N2O. The summed E-state index contributed by atoms with van der Waals surface area (Å²) in [5.74, 6) is 0.0215. The first-order chi connectivity index (χ1) is 9.47. The number of rotatable bonds is 1. The number of pyridine rings is 1. The first-order valence-electron chi connectivity index (χ1n) is 6.47. The summed E-state index contributed by atoms with van der Waals surface area (Å²) in [6.07, 6.45) is 0.839. The summed E-state index contributed by atoms with van der Waals surface area (Å²) in [5.41, 5.74) is 3.39. The molecule has 3 nitrogen and oxygen atoms in total. The molecule has 0 radical (unpaired) electrons. The maximum absolute atomic E-state index is 12.1. The first kappa shape index (κ1) is 13.8. The number of carbonyl (C=O) groups excluding carboxylic acids is 1. The molecule has 2 aromatic rings. The highest BCUT2D eigenvalue weighted by Crippen LogP contribution is 2.34. The van der Waals surface area contributed by atoms with Gasteiger partial charge in [-0.25, -0.2) is 0 Å². The molecule has 3 rings (SSSR count). The zero-order chi connectivity index (χ0) is 14.4. The van der Waals surface area contributed by atoms with Gasteiger partial charge in [0.15, 0.2) is 5.78 Å². The van der Waals surface area contributed by atoms with Crippen molar-refractivity contribution in [2.75, 3.05) is 13.6 Å². The Morgan fingerprint density at radius 2 is 2.10 bits per heavy atom. The molecule has 104 valence electrons. The minimum atomic E-state index is 0.0215. The summed E-state index contributed by atoms with van der Waals surface area (Å²) in [7, 11) is 2.04. The quantitative estimate of drug-likeness (QED) is 0.753. The van der Waals surface area contributed by atoms with Gasteiger partial charge in [0.05, 0.1) is 10.5 Å². The third-order valence-electron chi connectivity index (χ3n) is 3.70. The lowest BCUT2D eigenvalue weighted by atomic mass is 9.94. The smallest absolute Gasteiger partial charge is 0.160 e. The third-order valence-corrected chi connectivity index (χ3v) is 4.22. The minimum Gasteiger partial charge on any atom is -0.302 e. The minimum absolute atomic E-state index is 0.0215. The highest BCUT2D eigenvalue weighted by molar-refractivity contribution is 6.39. The second-order valence-electron chi connectivity index (χ2n) is 5.24. The number of benzene rings is 1. The molecule has 2 heterocycles. The Bertz CT molecular complexity index is 728. The Balaban J connectivity index is 2.42. The van der Waals surface area contributed by atoms with Gasteiger partial charge in [-0.15, -0.1) is 0 Å². The van der Waals surface area contributed by atoms with E-state index < -0.39 is 0 Å². The molecule has 0 spiro atoms. The summed E-state index contributed by atoms with van der Waals surface area (Å²) >= 11 is 12.3. The molecule has 0 amide bonds. The largest absolute Gasteiger partial charge is 0.302 e. The zero-order valence-electron chi connectivity index (χ0n) is 11.3. The van der Waals surface area contributed by atoms with Gasteiger partial charge < -0.3 is 4.90 Å². The Morgan fingerprint density at radius 3 is 2.80 bits per heavy atom. The van der Waals surface area contributed by atoms with Crippen molar-refractivity contribution in [3.63, 3.8) is 0 Å². The normalized spacial score (nSPS) is 15.4. The van der Waals surface area contributed by atoms with Crippen molar-refractivity contribution in [1.29, 1.82) is 0 Å². The molecule has 1 aliphatic heterocycles. The van der Waals surface area contributed by atoms with E-state index in [4.69, 9.17) is 23.2 Å². The fourth-order valence-electron chi connectivity index (χ4n) is 2.82. The summed E-state index contributed by atoms with van der Waals surface area (Å²) in [6, 6.07) is 3.44. The molecule has 0 unspecified atom stereocenters. The number of nitrogens with zero attached hydrogens (tertiary/aromatic N) is 2. The van der Waals surface area contributed by atoms with Crippen molar-refractivity contribution in [1.82, 2.24) is 9.88 Å². The van der Waals surface area contributed by atoms with Crippen LogP contribution < -0.4 is 0 Å². The van der Waals surface area contributed by atoms with Crippen LogP contribution in [0.15, 0.2) is 12.1 Å². The number of carbonyl (C=O) groups is 1. The van der Waals surface area contributed by atoms with Gasteiger partial charge in [-0.2, -0.15) is 0 Å². The number of halogens is 2. The van der Waals surface area contributed by atoms with Gasteiger partial charge in [-0.05, 0) is 31.7 Å². The summed E-state index contributed by atoms with van der Waals surface area (Å²) in [6.45, 7) is 3.25. The van der Waals surface area contributed by atoms with Crippen LogP contribution in [0, 0.1) is 0 Å². The highest BCUT2D eigenvalue weighted by Gasteiger charge is 2.24. The van der Waals surface area contributed by atoms with Crippen molar-refractivity contribution < 1.29 is 4.79 Å². The molecule has 1 aromatic heterocycles. The van der Waals surface area contributed by atoms with Crippen LogP contribution in [0.3, 0.4) is 0 Å². The highest BCUT2D eigenvalue weighted by atomic mass is 35.5. The van der Waals surface area contributed by atoms with Crippen molar-refractivity contribution >= 4 is 39.9 Å². The number of Topliss-reactive ketones (excluding diaryl/α,β-unsaturated/α-hetero) is 1. The molecule has 0 saturated carbocycles. The average molecular weight is 309 g/mol. The Kier molecular flexibility index (Phi) is 3.44. The van der Waals surface area contributed by atoms with E-state index in [1.807, 2.05) is 7.05 Å². The van der Waals surface area contributed by atoms with Gasteiger partial charge >= 0.3 is 0 Å². The molecule has 1 aromatic carbocycles. The number of hydrogen-bond acceptors (Lipinski definition) is 3. The van der Waals surface area contributed by atoms with Crippen molar-refractivity contribution in [3.05, 3.63) is 39.0 Å². The lowest BCUT2D eigenvalue weighted by molar-refractivity contribution is 0.101. The number of likely N-dealkylation sites (N-methyl/N-ethyl adjacent to an activating group) is 1. The molecule has 0 fully saturated rings. The number of hydrogen-bond donors (Lipinski definition) is 0. The molecule has 1 aliphatic rings. The molecule has 0 N–H and O–H groups in total. The van der Waals surface area contributed by atoms with Crippen LogP contribution in [0.4, 0.5) is 0 Å². The van der Waals surface area contributed by atoms with Crippen LogP contribution in [-0.2, 0) is 13.0 Å². The predicted molar refractivity (Wildman–Crippen MR) is 81.8 cm³/mol. The van der Waals surface area contributed by atoms with Crippen molar-refractivity contribution in [2.45, 2.75) is 19.9 Å². The van der Waals surface area contributed by atoms with E-state index in [0.717, 1.165) is 36.2 Å². The van der Waals surface area contributed by atoms with E-state index in [1.54, 1.807) is 19.1 Å². The second kappa shape index (κ2) is 4.99. The standard InChI is InChI=1S/C15H14Cl2N2O/c1-8(20)14-10-7-19(2)4-3-12(10)18-13-6-9(16)5-11(17)15(13)14/h5-6H,3-4,7H2,1-2H3. The van der Waals surface area contributed by atoms with E-state index in [2.05, 4.69) is 9.88 Å². The summed E-state index contributed by atoms with van der Waals surface area (Å²) in [5, 5.41) is 1.75. The van der Waals surface area contributed by atoms with Crippen molar-refractivity contribution in [2.24, 2.45) is 0 Å². The third kappa shape index (κ3) is 2.20. The number of ketones is 1. The lowest BCUT2D eigenvalue weighted by Crippen LogP contribution is -2.29. The predicted octanol–water partition coefficient (Wildman–Crippen LogP) is 3.73. The molecule has 0 saturated heterocycles. The van der Waals surface area contributed by atoms with Gasteiger partial charge in [-0.1, -0.05) is 23.2 Å². The van der Waals surface area contributed by atoms with Gasteiger partial charge in [0.25, 0.3) is 0 Å². The molecule has 20 heavy (non-hydrogen) atoms. The van der Waals surface area contributed by atoms with Gasteiger partial charge in [0, 0.05) is 41.2 Å². The second-order valence-corrected chi connectivity index (χ2v) is 6.08. The fraction of sp³-hybridized carbons (Fsp3) is 0.333. The van der Waals surface area contributed by atoms with Crippen LogP contribution in [-0.4, -0.2) is 29.3 Å². The molecule has 0 atom stereocenters. The van der Waals surface area contributed by atoms with Crippen LogP contribution in [0.25, 0.3) is 10.9 Å². The Morgan fingerprint density at radius 1 is 1.35 bits per heavy atom. The summed E-state index contributed by atoms with van der Waals surface area (Å²) in [4.78, 5) is 19.0. The van der Waals surface area contributed by atoms with Crippen LogP contribution in [0.2, 0.25) is 10.0 Å². The SMILES string of the molecule is CC(=O)c1c2c(nc3cc(Cl)cc(Cl)c13)CCN(C)C2. The van der Waals surface area contributed by atoms with Crippen LogP contribution in [0.5, 0.6) is 0 Å². The maximum atomic E-state index is 12.1. The molecular weight excluding hydrogens is 295 g/mol. The number of fused-ring (bicyclic) bond motifs is 2. The zero-order valence-corrected chi connectivity index (χ0v) is 12.8.